The minimum Gasteiger partial charge on any atom is -0.493 e. The Hall–Kier alpha value is -2.73. The number of para-hydroxylation sites is 1. The molecule has 1 saturated heterocycles. The minimum atomic E-state index is -0.107. The first-order chi connectivity index (χ1) is 14.1. The van der Waals surface area contributed by atoms with Gasteiger partial charge in [-0.25, -0.2) is 4.99 Å². The summed E-state index contributed by atoms with van der Waals surface area (Å²) in [5.74, 6) is 2.01. The summed E-state index contributed by atoms with van der Waals surface area (Å²) in [7, 11) is 1.59. The van der Waals surface area contributed by atoms with Gasteiger partial charge in [0.15, 0.2) is 23.3 Å². The predicted molar refractivity (Wildman–Crippen MR) is 120 cm³/mol. The Labute approximate surface area is 176 Å². The molecule has 1 aliphatic heterocycles. The Kier molecular flexibility index (Phi) is 7.36. The Morgan fingerprint density at radius 2 is 2.07 bits per heavy atom. The van der Waals surface area contributed by atoms with Gasteiger partial charge in [0.1, 0.15) is 0 Å². The molecule has 6 heteroatoms. The van der Waals surface area contributed by atoms with Gasteiger partial charge in [0.05, 0.1) is 12.8 Å². The highest BCUT2D eigenvalue weighted by atomic mass is 32.2. The van der Waals surface area contributed by atoms with E-state index >= 15 is 0 Å². The standard InChI is InChI=1S/C23H26N2O3S/c1-4-8-18-11-12-20(21(15-18)27-3)28-16-22(26)25-13-7-14-29-23(25)24-19-10-6-5-9-17(19)2/h4-6,8-12,15H,7,13-14,16H2,1-3H3/b8-4+,24-23?. The SMILES string of the molecule is C/C=C/c1ccc(OCC(=O)N2CCCSC2=Nc2ccccc2C)c(OC)c1. The molecule has 1 amide bonds. The van der Waals surface area contributed by atoms with Crippen LogP contribution in [0.1, 0.15) is 24.5 Å². The Morgan fingerprint density at radius 3 is 2.83 bits per heavy atom. The van der Waals surface area contributed by atoms with Gasteiger partial charge in [-0.3, -0.25) is 9.69 Å². The maximum atomic E-state index is 12.9. The number of methoxy groups -OCH3 is 1. The van der Waals surface area contributed by atoms with Crippen molar-refractivity contribution < 1.29 is 14.3 Å². The number of rotatable bonds is 6. The van der Waals surface area contributed by atoms with Gasteiger partial charge in [0, 0.05) is 12.3 Å². The lowest BCUT2D eigenvalue weighted by Gasteiger charge is -2.28. The molecule has 1 heterocycles. The third kappa shape index (κ3) is 5.41. The molecule has 152 valence electrons. The van der Waals surface area contributed by atoms with Gasteiger partial charge in [-0.15, -0.1) is 0 Å². The molecule has 0 N–H and O–H groups in total. The summed E-state index contributed by atoms with van der Waals surface area (Å²) in [5.41, 5.74) is 2.99. The van der Waals surface area contributed by atoms with Gasteiger partial charge in [0.25, 0.3) is 5.91 Å². The zero-order valence-corrected chi connectivity index (χ0v) is 17.9. The number of carbonyl (C=O) groups excluding carboxylic acids is 1. The van der Waals surface area contributed by atoms with E-state index in [2.05, 4.69) is 0 Å². The molecule has 5 nitrogen and oxygen atoms in total. The Bertz CT molecular complexity index is 924. The molecule has 0 saturated carbocycles. The number of aryl methyl sites for hydroxylation is 1. The molecule has 2 aromatic rings. The van der Waals surface area contributed by atoms with Gasteiger partial charge in [-0.05, 0) is 49.6 Å². The van der Waals surface area contributed by atoms with Crippen LogP contribution in [0.25, 0.3) is 6.08 Å². The first-order valence-electron chi connectivity index (χ1n) is 9.63. The number of hydrogen-bond donors (Lipinski definition) is 0. The number of carbonyl (C=O) groups is 1. The number of aliphatic imine (C=N–C) groups is 1. The lowest BCUT2D eigenvalue weighted by molar-refractivity contribution is -0.129. The van der Waals surface area contributed by atoms with Gasteiger partial charge < -0.3 is 9.47 Å². The van der Waals surface area contributed by atoms with Gasteiger partial charge in [0.2, 0.25) is 0 Å². The van der Waals surface area contributed by atoms with E-state index in [0.717, 1.165) is 34.2 Å². The molecule has 0 atom stereocenters. The van der Waals surface area contributed by atoms with E-state index < -0.39 is 0 Å². The second-order valence-corrected chi connectivity index (χ2v) is 7.69. The second kappa shape index (κ2) is 10.2. The van der Waals surface area contributed by atoms with E-state index in [0.29, 0.717) is 18.0 Å². The van der Waals surface area contributed by atoms with Gasteiger partial charge in [-0.2, -0.15) is 0 Å². The van der Waals surface area contributed by atoms with Crippen LogP contribution in [0.4, 0.5) is 5.69 Å². The number of benzene rings is 2. The van der Waals surface area contributed by atoms with Crippen molar-refractivity contribution in [1.29, 1.82) is 0 Å². The number of ether oxygens (including phenoxy) is 2. The molecular weight excluding hydrogens is 384 g/mol. The van der Waals surface area contributed by atoms with Crippen molar-refractivity contribution in [1.82, 2.24) is 4.90 Å². The van der Waals surface area contributed by atoms with E-state index in [1.807, 2.05) is 68.5 Å². The topological polar surface area (TPSA) is 51.1 Å². The van der Waals surface area contributed by atoms with E-state index in [1.165, 1.54) is 0 Å². The van der Waals surface area contributed by atoms with Crippen LogP contribution in [-0.4, -0.2) is 42.0 Å². The van der Waals surface area contributed by atoms with Gasteiger partial charge >= 0.3 is 0 Å². The van der Waals surface area contributed by atoms with Crippen molar-refractivity contribution in [2.75, 3.05) is 26.0 Å². The van der Waals surface area contributed by atoms with Crippen molar-refractivity contribution in [3.8, 4) is 11.5 Å². The third-order valence-electron chi connectivity index (χ3n) is 4.52. The summed E-state index contributed by atoms with van der Waals surface area (Å²) >= 11 is 1.61. The fraction of sp³-hybridized carbons (Fsp3) is 0.304. The summed E-state index contributed by atoms with van der Waals surface area (Å²) in [4.78, 5) is 19.3. The number of amidine groups is 1. The maximum absolute atomic E-state index is 12.9. The van der Waals surface area contributed by atoms with Crippen LogP contribution >= 0.6 is 11.8 Å². The van der Waals surface area contributed by atoms with Crippen LogP contribution in [0, 0.1) is 6.92 Å². The summed E-state index contributed by atoms with van der Waals surface area (Å²) in [5, 5.41) is 0.731. The highest BCUT2D eigenvalue weighted by Crippen LogP contribution is 2.29. The van der Waals surface area contributed by atoms with E-state index in [9.17, 15) is 4.79 Å². The van der Waals surface area contributed by atoms with Crippen LogP contribution in [0.5, 0.6) is 11.5 Å². The predicted octanol–water partition coefficient (Wildman–Crippen LogP) is 5.07. The smallest absolute Gasteiger partial charge is 0.266 e. The van der Waals surface area contributed by atoms with E-state index in [4.69, 9.17) is 14.5 Å². The van der Waals surface area contributed by atoms with E-state index in [-0.39, 0.29) is 12.5 Å². The molecule has 0 aliphatic carbocycles. The molecule has 1 fully saturated rings. The fourth-order valence-corrected chi connectivity index (χ4v) is 3.96. The van der Waals surface area contributed by atoms with Crippen molar-refractivity contribution >= 4 is 34.6 Å². The average molecular weight is 411 g/mol. The number of allylic oxidation sites excluding steroid dienone is 1. The average Bonchev–Trinajstić information content (AvgIpc) is 2.74. The van der Waals surface area contributed by atoms with Crippen molar-refractivity contribution in [2.24, 2.45) is 4.99 Å². The highest BCUT2D eigenvalue weighted by Gasteiger charge is 2.24. The molecule has 29 heavy (non-hydrogen) atoms. The Morgan fingerprint density at radius 1 is 1.24 bits per heavy atom. The fourth-order valence-electron chi connectivity index (χ4n) is 2.99. The van der Waals surface area contributed by atoms with Crippen LogP contribution < -0.4 is 9.47 Å². The molecule has 2 aromatic carbocycles. The van der Waals surface area contributed by atoms with Gasteiger partial charge in [-0.1, -0.05) is 48.2 Å². The van der Waals surface area contributed by atoms with Crippen LogP contribution in [0.15, 0.2) is 53.5 Å². The molecule has 0 aromatic heterocycles. The number of amides is 1. The molecule has 0 unspecified atom stereocenters. The summed E-state index contributed by atoms with van der Waals surface area (Å²) in [6.45, 7) is 4.57. The molecule has 1 aliphatic rings. The molecule has 3 rings (SSSR count). The van der Waals surface area contributed by atoms with Crippen molar-refractivity contribution in [3.05, 3.63) is 59.7 Å². The van der Waals surface area contributed by atoms with Crippen LogP contribution in [0.3, 0.4) is 0 Å². The molecule has 0 radical (unpaired) electrons. The largest absolute Gasteiger partial charge is 0.493 e. The second-order valence-electron chi connectivity index (χ2n) is 6.63. The zero-order valence-electron chi connectivity index (χ0n) is 17.1. The van der Waals surface area contributed by atoms with E-state index in [1.54, 1.807) is 23.8 Å². The van der Waals surface area contributed by atoms with Crippen LogP contribution in [0.2, 0.25) is 0 Å². The Balaban J connectivity index is 1.73. The summed E-state index contributed by atoms with van der Waals surface area (Å²) in [6.07, 6.45) is 4.88. The lowest BCUT2D eigenvalue weighted by atomic mass is 10.2. The van der Waals surface area contributed by atoms with Crippen LogP contribution in [-0.2, 0) is 4.79 Å². The maximum Gasteiger partial charge on any atom is 0.266 e. The summed E-state index contributed by atoms with van der Waals surface area (Å²) < 4.78 is 11.2. The zero-order chi connectivity index (χ0) is 20.6. The number of hydrogen-bond acceptors (Lipinski definition) is 5. The summed E-state index contributed by atoms with van der Waals surface area (Å²) in [6, 6.07) is 13.6. The monoisotopic (exact) mass is 410 g/mol. The first-order valence-corrected chi connectivity index (χ1v) is 10.6. The van der Waals surface area contributed by atoms with Crippen molar-refractivity contribution in [2.45, 2.75) is 20.3 Å². The number of thioether (sulfide) groups is 1. The minimum absolute atomic E-state index is 0.0628. The number of nitrogens with zero attached hydrogens (tertiary/aromatic N) is 2. The third-order valence-corrected chi connectivity index (χ3v) is 5.58. The quantitative estimate of drug-likeness (QED) is 0.667. The highest BCUT2D eigenvalue weighted by molar-refractivity contribution is 8.13. The normalized spacial score (nSPS) is 15.7. The first kappa shape index (κ1) is 21.0. The molecule has 0 bridgehead atoms. The lowest BCUT2D eigenvalue weighted by Crippen LogP contribution is -2.41. The van der Waals surface area contributed by atoms with Crippen molar-refractivity contribution in [3.63, 3.8) is 0 Å². The molecule has 0 spiro atoms. The molecular formula is C23H26N2O3S.